The lowest BCUT2D eigenvalue weighted by molar-refractivity contribution is -0.312. The first-order valence-corrected chi connectivity index (χ1v) is 19.9. The molecule has 0 radical (unpaired) electrons. The summed E-state index contributed by atoms with van der Waals surface area (Å²) in [5.74, 6) is 0.0346. The molecule has 0 aromatic rings. The highest BCUT2D eigenvalue weighted by atomic mass is 16.8. The highest BCUT2D eigenvalue weighted by Crippen LogP contribution is 2.69. The standard InChI is InChI=1S/C39H68O13/c1-19(2)27(50-36-33(31(47-6)28(17-40)51-36)52-35-32(48-7)30(45)26(44)18-49-35)9-8-20(3)22-15-24(42)34-38(22,5)13-11-29-37(4)12-10-21(41)14-23(37)25(43)16-39(29,34)46/h19-36,40-46H,8-18H2,1-7H3. The number of hydrogen-bond donors (Lipinski definition) is 7. The van der Waals surface area contributed by atoms with Gasteiger partial charge in [0.15, 0.2) is 12.6 Å². The fourth-order valence-corrected chi connectivity index (χ4v) is 12.4. The van der Waals surface area contributed by atoms with Crippen LogP contribution in [0.5, 0.6) is 0 Å². The number of fused-ring (bicyclic) bond motifs is 5. The smallest absolute Gasteiger partial charge is 0.187 e. The van der Waals surface area contributed by atoms with E-state index in [1.165, 1.54) is 14.2 Å². The fraction of sp³-hybridized carbons (Fsp3) is 1.00. The molecule has 0 aromatic heterocycles. The molecular formula is C39H68O13. The van der Waals surface area contributed by atoms with Gasteiger partial charge in [-0.15, -0.1) is 0 Å². The number of ether oxygens (including phenoxy) is 6. The van der Waals surface area contributed by atoms with E-state index in [1.54, 1.807) is 0 Å². The zero-order valence-electron chi connectivity index (χ0n) is 32.3. The van der Waals surface area contributed by atoms with Gasteiger partial charge >= 0.3 is 0 Å². The van der Waals surface area contributed by atoms with Crippen LogP contribution in [0.1, 0.15) is 92.4 Å². The molecule has 4 saturated carbocycles. The van der Waals surface area contributed by atoms with Gasteiger partial charge in [-0.1, -0.05) is 34.6 Å². The lowest BCUT2D eigenvalue weighted by Gasteiger charge is -2.66. The fourth-order valence-electron chi connectivity index (χ4n) is 12.4. The third kappa shape index (κ3) is 7.05. The molecule has 4 aliphatic carbocycles. The third-order valence-corrected chi connectivity index (χ3v) is 15.1. The average molecular weight is 745 g/mol. The van der Waals surface area contributed by atoms with Crippen molar-refractivity contribution in [1.82, 2.24) is 0 Å². The second-order valence-electron chi connectivity index (χ2n) is 18.2. The van der Waals surface area contributed by atoms with E-state index in [-0.39, 0.29) is 72.1 Å². The van der Waals surface area contributed by atoms with Crippen LogP contribution in [0.15, 0.2) is 0 Å². The van der Waals surface area contributed by atoms with Crippen LogP contribution in [-0.2, 0) is 28.4 Å². The van der Waals surface area contributed by atoms with Gasteiger partial charge in [-0.25, -0.2) is 0 Å². The Morgan fingerprint density at radius 1 is 0.808 bits per heavy atom. The summed E-state index contributed by atoms with van der Waals surface area (Å²) in [6.45, 7) is 10.4. The molecule has 20 atom stereocenters. The molecule has 20 unspecified atom stereocenters. The summed E-state index contributed by atoms with van der Waals surface area (Å²) < 4.78 is 36.0. The Bertz CT molecular complexity index is 1190. The number of aliphatic hydroxyl groups is 7. The molecular weight excluding hydrogens is 676 g/mol. The summed E-state index contributed by atoms with van der Waals surface area (Å²) in [5.41, 5.74) is -1.77. The summed E-state index contributed by atoms with van der Waals surface area (Å²) in [6, 6.07) is 0. The number of methoxy groups -OCH3 is 2. The normalized spacial score (nSPS) is 51.9. The second-order valence-corrected chi connectivity index (χ2v) is 18.2. The van der Waals surface area contributed by atoms with Crippen LogP contribution in [0.25, 0.3) is 0 Å². The minimum Gasteiger partial charge on any atom is -0.394 e. The largest absolute Gasteiger partial charge is 0.394 e. The van der Waals surface area contributed by atoms with E-state index >= 15 is 0 Å². The summed E-state index contributed by atoms with van der Waals surface area (Å²) in [4.78, 5) is 0. The molecule has 13 heteroatoms. The predicted molar refractivity (Wildman–Crippen MR) is 188 cm³/mol. The van der Waals surface area contributed by atoms with Crippen molar-refractivity contribution >= 4 is 0 Å². The molecule has 0 spiro atoms. The third-order valence-electron chi connectivity index (χ3n) is 15.1. The average Bonchev–Trinajstić information content (AvgIpc) is 3.57. The molecule has 2 heterocycles. The van der Waals surface area contributed by atoms with E-state index < -0.39 is 73.1 Å². The van der Waals surface area contributed by atoms with Crippen LogP contribution < -0.4 is 0 Å². The Kier molecular flexibility index (Phi) is 12.5. The highest BCUT2D eigenvalue weighted by molar-refractivity contribution is 5.20. The Balaban J connectivity index is 1.14. The summed E-state index contributed by atoms with van der Waals surface area (Å²) in [5, 5.41) is 77.2. The molecule has 302 valence electrons. The molecule has 6 aliphatic rings. The van der Waals surface area contributed by atoms with Crippen LogP contribution >= 0.6 is 0 Å². The first-order chi connectivity index (χ1) is 24.5. The Morgan fingerprint density at radius 2 is 1.50 bits per heavy atom. The molecule has 52 heavy (non-hydrogen) atoms. The topological polar surface area (TPSA) is 197 Å². The summed E-state index contributed by atoms with van der Waals surface area (Å²) in [7, 11) is 2.91. The van der Waals surface area contributed by atoms with Crippen molar-refractivity contribution < 1.29 is 64.2 Å². The van der Waals surface area contributed by atoms with Crippen LogP contribution in [0.4, 0.5) is 0 Å². The Labute approximate surface area is 309 Å². The number of aliphatic hydroxyl groups excluding tert-OH is 6. The van der Waals surface area contributed by atoms with E-state index in [2.05, 4.69) is 34.6 Å². The van der Waals surface area contributed by atoms with Gasteiger partial charge in [0.25, 0.3) is 0 Å². The molecule has 0 bridgehead atoms. The monoisotopic (exact) mass is 744 g/mol. The van der Waals surface area contributed by atoms with Crippen molar-refractivity contribution in [3.8, 4) is 0 Å². The summed E-state index contributed by atoms with van der Waals surface area (Å²) >= 11 is 0. The van der Waals surface area contributed by atoms with Crippen molar-refractivity contribution in [3.05, 3.63) is 0 Å². The first kappa shape index (κ1) is 41.1. The minimum absolute atomic E-state index is 0.0341. The lowest BCUT2D eigenvalue weighted by atomic mass is 9.42. The van der Waals surface area contributed by atoms with Gasteiger partial charge in [-0.3, -0.25) is 0 Å². The van der Waals surface area contributed by atoms with Crippen molar-refractivity contribution in [2.75, 3.05) is 27.4 Å². The molecule has 2 aliphatic heterocycles. The van der Waals surface area contributed by atoms with E-state index in [0.29, 0.717) is 25.7 Å². The van der Waals surface area contributed by atoms with E-state index in [9.17, 15) is 35.7 Å². The SMILES string of the molecule is COC1C(OC2C(OC(CCC(C)C3CC(O)C4C3(C)CCC3C5(C)CCC(O)CC5C(O)CC34O)C(C)C)OC(CO)C2OC)OCC(O)C1O. The van der Waals surface area contributed by atoms with Gasteiger partial charge in [0.2, 0.25) is 0 Å². The maximum Gasteiger partial charge on any atom is 0.187 e. The van der Waals surface area contributed by atoms with Crippen molar-refractivity contribution in [2.24, 2.45) is 46.3 Å². The van der Waals surface area contributed by atoms with Gasteiger partial charge in [-0.05, 0) is 91.8 Å². The van der Waals surface area contributed by atoms with E-state index in [1.807, 2.05) is 0 Å². The second kappa shape index (κ2) is 15.8. The highest BCUT2D eigenvalue weighted by Gasteiger charge is 2.70. The molecule has 6 fully saturated rings. The van der Waals surface area contributed by atoms with Crippen molar-refractivity contribution in [1.29, 1.82) is 0 Å². The predicted octanol–water partition coefficient (Wildman–Crippen LogP) is 1.73. The molecule has 0 amide bonds. The van der Waals surface area contributed by atoms with Gasteiger partial charge in [0.1, 0.15) is 36.6 Å². The lowest BCUT2D eigenvalue weighted by Crippen LogP contribution is -2.68. The Hall–Kier alpha value is -0.520. The van der Waals surface area contributed by atoms with Crippen LogP contribution in [-0.4, -0.2) is 142 Å². The van der Waals surface area contributed by atoms with Crippen molar-refractivity contribution in [2.45, 2.75) is 172 Å². The van der Waals surface area contributed by atoms with Crippen LogP contribution in [0.3, 0.4) is 0 Å². The Morgan fingerprint density at radius 3 is 2.15 bits per heavy atom. The summed E-state index contributed by atoms with van der Waals surface area (Å²) in [6.07, 6.45) is -3.49. The van der Waals surface area contributed by atoms with Crippen LogP contribution in [0.2, 0.25) is 0 Å². The molecule has 7 N–H and O–H groups in total. The molecule has 13 nitrogen and oxygen atoms in total. The first-order valence-electron chi connectivity index (χ1n) is 19.9. The minimum atomic E-state index is -1.22. The maximum absolute atomic E-state index is 12.7. The van der Waals surface area contributed by atoms with Gasteiger partial charge in [0.05, 0.1) is 43.2 Å². The zero-order valence-corrected chi connectivity index (χ0v) is 32.3. The number of hydrogen-bond acceptors (Lipinski definition) is 13. The van der Waals surface area contributed by atoms with E-state index in [0.717, 1.165) is 25.7 Å². The zero-order chi connectivity index (χ0) is 37.9. The number of rotatable bonds is 12. The van der Waals surface area contributed by atoms with Crippen molar-refractivity contribution in [3.63, 3.8) is 0 Å². The molecule has 6 rings (SSSR count). The quantitative estimate of drug-likeness (QED) is 0.153. The van der Waals surface area contributed by atoms with Gasteiger partial charge in [-0.2, -0.15) is 0 Å². The van der Waals surface area contributed by atoms with Gasteiger partial charge < -0.3 is 64.2 Å². The molecule has 0 aromatic carbocycles. The molecule has 2 saturated heterocycles. The van der Waals surface area contributed by atoms with Crippen LogP contribution in [0, 0.1) is 46.3 Å². The van der Waals surface area contributed by atoms with E-state index in [4.69, 9.17) is 28.4 Å². The maximum atomic E-state index is 12.7. The van der Waals surface area contributed by atoms with Gasteiger partial charge in [0, 0.05) is 26.6 Å².